The minimum atomic E-state index is -0.0565. The molecule has 0 saturated carbocycles. The molecular weight excluding hydrogens is 402 g/mol. The van der Waals surface area contributed by atoms with E-state index in [1.54, 1.807) is 0 Å². The molecule has 2 aromatic rings. The minimum absolute atomic E-state index is 0. The molecule has 1 aromatic heterocycles. The van der Waals surface area contributed by atoms with E-state index in [4.69, 9.17) is 5.73 Å². The average molecular weight is 434 g/mol. The Morgan fingerprint density at radius 2 is 1.93 bits per heavy atom. The Bertz CT molecular complexity index is 850. The van der Waals surface area contributed by atoms with Crippen molar-refractivity contribution < 1.29 is 9.59 Å². The quantitative estimate of drug-likeness (QED) is 0.701. The number of halogens is 1. The first kappa shape index (κ1) is 23.9. The number of amides is 2. The predicted molar refractivity (Wildman–Crippen MR) is 120 cm³/mol. The molecule has 0 bridgehead atoms. The van der Waals surface area contributed by atoms with E-state index in [9.17, 15) is 9.59 Å². The lowest BCUT2D eigenvalue weighted by atomic mass is 10.00. The van der Waals surface area contributed by atoms with Crippen molar-refractivity contribution in [3.63, 3.8) is 0 Å². The molecule has 0 spiro atoms. The molecule has 1 aromatic carbocycles. The smallest absolute Gasteiger partial charge is 0.254 e. The van der Waals surface area contributed by atoms with Crippen molar-refractivity contribution in [2.75, 3.05) is 19.6 Å². The van der Waals surface area contributed by atoms with Gasteiger partial charge in [-0.1, -0.05) is 12.1 Å². The maximum Gasteiger partial charge on any atom is 0.254 e. The molecule has 2 amide bonds. The zero-order valence-electron chi connectivity index (χ0n) is 17.8. The van der Waals surface area contributed by atoms with E-state index in [0.717, 1.165) is 42.8 Å². The summed E-state index contributed by atoms with van der Waals surface area (Å²) in [5.41, 5.74) is 9.34. The average Bonchev–Trinajstić information content (AvgIpc) is 3.03. The number of piperidine rings is 1. The van der Waals surface area contributed by atoms with Crippen molar-refractivity contribution in [2.45, 2.75) is 52.1 Å². The van der Waals surface area contributed by atoms with Crippen LogP contribution < -0.4 is 11.1 Å². The van der Waals surface area contributed by atoms with Gasteiger partial charge in [0.05, 0.1) is 12.2 Å². The number of carbonyl (C=O) groups is 2. The molecule has 0 radical (unpaired) electrons. The van der Waals surface area contributed by atoms with Crippen molar-refractivity contribution >= 4 is 24.2 Å². The van der Waals surface area contributed by atoms with E-state index in [2.05, 4.69) is 16.5 Å². The van der Waals surface area contributed by atoms with Gasteiger partial charge in [-0.2, -0.15) is 5.10 Å². The normalized spacial score (nSPS) is 16.1. The summed E-state index contributed by atoms with van der Waals surface area (Å²) in [6.07, 6.45) is 3.29. The highest BCUT2D eigenvalue weighted by atomic mass is 35.5. The zero-order chi connectivity index (χ0) is 20.8. The predicted octanol–water partition coefficient (Wildman–Crippen LogP) is 2.43. The van der Waals surface area contributed by atoms with Crippen molar-refractivity contribution in [3.05, 3.63) is 52.8 Å². The Kier molecular flexibility index (Phi) is 8.87. The number of likely N-dealkylation sites (tertiary alicyclic amines) is 1. The van der Waals surface area contributed by atoms with Crippen LogP contribution in [0.3, 0.4) is 0 Å². The number of aryl methyl sites for hydroxylation is 2. The fourth-order valence-corrected chi connectivity index (χ4v) is 3.86. The molecule has 0 aliphatic carbocycles. The van der Waals surface area contributed by atoms with E-state index >= 15 is 0 Å². The number of hydrogen-bond donors (Lipinski definition) is 2. The Labute approximate surface area is 184 Å². The molecule has 1 unspecified atom stereocenters. The number of nitrogens with two attached hydrogens (primary N) is 1. The monoisotopic (exact) mass is 433 g/mol. The van der Waals surface area contributed by atoms with Gasteiger partial charge in [-0.25, -0.2) is 0 Å². The van der Waals surface area contributed by atoms with Crippen molar-refractivity contribution in [1.82, 2.24) is 20.0 Å². The summed E-state index contributed by atoms with van der Waals surface area (Å²) in [5.74, 6) is -0.0283. The zero-order valence-corrected chi connectivity index (χ0v) is 18.6. The Morgan fingerprint density at radius 1 is 1.20 bits per heavy atom. The Hall–Kier alpha value is -2.38. The van der Waals surface area contributed by atoms with Gasteiger partial charge in [0, 0.05) is 43.4 Å². The van der Waals surface area contributed by atoms with Gasteiger partial charge in [-0.15, -0.1) is 12.4 Å². The maximum atomic E-state index is 13.1. The van der Waals surface area contributed by atoms with Gasteiger partial charge >= 0.3 is 0 Å². The number of rotatable bonds is 7. The molecule has 1 aliphatic rings. The van der Waals surface area contributed by atoms with E-state index < -0.39 is 0 Å². The molecule has 1 atom stereocenters. The molecule has 3 rings (SSSR count). The molecular formula is C22H32ClN5O2. The summed E-state index contributed by atoms with van der Waals surface area (Å²) in [4.78, 5) is 26.7. The van der Waals surface area contributed by atoms with Crippen LogP contribution in [0.5, 0.6) is 0 Å². The standard InChI is InChI=1S/C22H31N5O2.ClH/c1-16-13-17(2)27(25-16)15-18-6-8-19(9-7-18)22(29)26-12-4-3-5-20(26)14-24-21(28)10-11-23;/h6-9,13,20H,3-5,10-12,14-15,23H2,1-2H3,(H,24,28);1H. The lowest BCUT2D eigenvalue weighted by Crippen LogP contribution is -2.49. The van der Waals surface area contributed by atoms with E-state index in [-0.39, 0.29) is 30.3 Å². The third-order valence-corrected chi connectivity index (χ3v) is 5.43. The number of hydrogen-bond acceptors (Lipinski definition) is 4. The highest BCUT2D eigenvalue weighted by Crippen LogP contribution is 2.20. The summed E-state index contributed by atoms with van der Waals surface area (Å²) in [7, 11) is 0. The highest BCUT2D eigenvalue weighted by Gasteiger charge is 2.27. The fraction of sp³-hybridized carbons (Fsp3) is 0.500. The first-order valence-corrected chi connectivity index (χ1v) is 10.4. The molecule has 30 heavy (non-hydrogen) atoms. The van der Waals surface area contributed by atoms with Crippen LogP contribution in [-0.2, 0) is 11.3 Å². The summed E-state index contributed by atoms with van der Waals surface area (Å²) >= 11 is 0. The summed E-state index contributed by atoms with van der Waals surface area (Å²) in [6, 6.07) is 9.86. The van der Waals surface area contributed by atoms with Crippen LogP contribution in [0.25, 0.3) is 0 Å². The molecule has 2 heterocycles. The molecule has 1 saturated heterocycles. The Balaban J connectivity index is 0.00000320. The number of nitrogens with one attached hydrogen (secondary N) is 1. The van der Waals surface area contributed by atoms with Gasteiger partial charge in [0.1, 0.15) is 0 Å². The van der Waals surface area contributed by atoms with Crippen LogP contribution in [0.2, 0.25) is 0 Å². The number of nitrogens with zero attached hydrogens (tertiary/aromatic N) is 3. The second kappa shape index (κ2) is 11.1. The molecule has 1 fully saturated rings. The summed E-state index contributed by atoms with van der Waals surface area (Å²) in [6.45, 7) is 6.26. The van der Waals surface area contributed by atoms with Gasteiger partial charge in [0.2, 0.25) is 5.91 Å². The van der Waals surface area contributed by atoms with Gasteiger partial charge in [-0.05, 0) is 56.9 Å². The third kappa shape index (κ3) is 6.06. The largest absolute Gasteiger partial charge is 0.354 e. The lowest BCUT2D eigenvalue weighted by Gasteiger charge is -2.36. The fourth-order valence-electron chi connectivity index (χ4n) is 3.86. The molecule has 7 nitrogen and oxygen atoms in total. The van der Waals surface area contributed by atoms with Crippen LogP contribution in [0.4, 0.5) is 0 Å². The lowest BCUT2D eigenvalue weighted by molar-refractivity contribution is -0.121. The van der Waals surface area contributed by atoms with Crippen LogP contribution in [0.15, 0.2) is 30.3 Å². The van der Waals surface area contributed by atoms with Gasteiger partial charge < -0.3 is 16.0 Å². The van der Waals surface area contributed by atoms with Crippen molar-refractivity contribution in [1.29, 1.82) is 0 Å². The first-order valence-electron chi connectivity index (χ1n) is 10.4. The van der Waals surface area contributed by atoms with Crippen LogP contribution >= 0.6 is 12.4 Å². The Morgan fingerprint density at radius 3 is 2.57 bits per heavy atom. The van der Waals surface area contributed by atoms with E-state index in [0.29, 0.717) is 31.6 Å². The molecule has 8 heteroatoms. The second-order valence-corrected chi connectivity index (χ2v) is 7.77. The summed E-state index contributed by atoms with van der Waals surface area (Å²) in [5, 5.41) is 7.40. The first-order chi connectivity index (χ1) is 14.0. The molecule has 164 valence electrons. The minimum Gasteiger partial charge on any atom is -0.354 e. The van der Waals surface area contributed by atoms with Gasteiger partial charge in [0.15, 0.2) is 0 Å². The number of benzene rings is 1. The van der Waals surface area contributed by atoms with Gasteiger partial charge in [-0.3, -0.25) is 14.3 Å². The maximum absolute atomic E-state index is 13.1. The molecule has 3 N–H and O–H groups in total. The van der Waals surface area contributed by atoms with Gasteiger partial charge in [0.25, 0.3) is 5.91 Å². The van der Waals surface area contributed by atoms with E-state index in [1.807, 2.05) is 47.7 Å². The van der Waals surface area contributed by atoms with Crippen molar-refractivity contribution in [2.24, 2.45) is 5.73 Å². The van der Waals surface area contributed by atoms with E-state index in [1.165, 1.54) is 0 Å². The van der Waals surface area contributed by atoms with Crippen LogP contribution in [0, 0.1) is 13.8 Å². The SMILES string of the molecule is Cc1cc(C)n(Cc2ccc(C(=O)N3CCCCC3CNC(=O)CCN)cc2)n1.Cl. The highest BCUT2D eigenvalue weighted by molar-refractivity contribution is 5.94. The number of carbonyl (C=O) groups excluding carboxylic acids is 2. The third-order valence-electron chi connectivity index (χ3n) is 5.43. The van der Waals surface area contributed by atoms with Crippen LogP contribution in [-0.4, -0.2) is 52.2 Å². The topological polar surface area (TPSA) is 93.2 Å². The van der Waals surface area contributed by atoms with Crippen molar-refractivity contribution in [3.8, 4) is 0 Å². The van der Waals surface area contributed by atoms with Crippen LogP contribution in [0.1, 0.15) is 53.0 Å². The number of aromatic nitrogens is 2. The summed E-state index contributed by atoms with van der Waals surface area (Å²) < 4.78 is 1.97. The second-order valence-electron chi connectivity index (χ2n) is 7.77. The molecule has 1 aliphatic heterocycles.